The predicted molar refractivity (Wildman–Crippen MR) is 101 cm³/mol. The Morgan fingerprint density at radius 1 is 1.40 bits per heavy atom. The molecule has 1 aromatic heterocycles. The average Bonchev–Trinajstić information content (AvgIpc) is 2.95. The zero-order chi connectivity index (χ0) is 18.4. The number of rotatable bonds is 8. The summed E-state index contributed by atoms with van der Waals surface area (Å²) in [4.78, 5) is 11.7. The molecule has 1 aromatic carbocycles. The van der Waals surface area contributed by atoms with Crippen molar-refractivity contribution in [3.8, 4) is 0 Å². The van der Waals surface area contributed by atoms with Crippen LogP contribution in [0, 0.1) is 6.92 Å². The van der Waals surface area contributed by atoms with Crippen LogP contribution < -0.4 is 5.32 Å². The Morgan fingerprint density at radius 2 is 2.16 bits per heavy atom. The summed E-state index contributed by atoms with van der Waals surface area (Å²) < 4.78 is 7.12. The van der Waals surface area contributed by atoms with Crippen LogP contribution in [0.15, 0.2) is 23.4 Å². The molecule has 0 unspecified atom stereocenters. The standard InChI is InChI=1S/C17H23ClN4O2S/c1-5-22-15(9-19-13-7-6-12(4)14(18)8-13)20-21-17(22)25-10-16(23)24-11(2)3/h6-8,11,19H,5,9-10H2,1-4H3. The Labute approximate surface area is 157 Å². The topological polar surface area (TPSA) is 69.0 Å². The summed E-state index contributed by atoms with van der Waals surface area (Å²) in [6.07, 6.45) is -0.113. The first-order valence-electron chi connectivity index (χ1n) is 8.15. The van der Waals surface area contributed by atoms with E-state index in [9.17, 15) is 4.79 Å². The van der Waals surface area contributed by atoms with Crippen LogP contribution >= 0.6 is 23.4 Å². The molecule has 1 N–H and O–H groups in total. The summed E-state index contributed by atoms with van der Waals surface area (Å²) >= 11 is 7.48. The van der Waals surface area contributed by atoms with Crippen molar-refractivity contribution in [1.29, 1.82) is 0 Å². The van der Waals surface area contributed by atoms with Gasteiger partial charge in [0.2, 0.25) is 0 Å². The molecule has 0 radical (unpaired) electrons. The second-order valence-corrected chi connectivity index (χ2v) is 7.14. The first-order chi connectivity index (χ1) is 11.9. The van der Waals surface area contributed by atoms with Gasteiger partial charge < -0.3 is 14.6 Å². The van der Waals surface area contributed by atoms with E-state index in [2.05, 4.69) is 15.5 Å². The van der Waals surface area contributed by atoms with Gasteiger partial charge in [0, 0.05) is 17.3 Å². The van der Waals surface area contributed by atoms with Crippen molar-refractivity contribution < 1.29 is 9.53 Å². The molecule has 0 amide bonds. The third kappa shape index (κ3) is 5.64. The molecule has 0 fully saturated rings. The molecule has 0 atom stereocenters. The Balaban J connectivity index is 1.98. The molecule has 6 nitrogen and oxygen atoms in total. The fourth-order valence-electron chi connectivity index (χ4n) is 2.18. The van der Waals surface area contributed by atoms with Crippen LogP contribution in [-0.4, -0.2) is 32.6 Å². The third-order valence-electron chi connectivity index (χ3n) is 3.42. The highest BCUT2D eigenvalue weighted by atomic mass is 35.5. The van der Waals surface area contributed by atoms with Crippen LogP contribution in [0.2, 0.25) is 5.02 Å². The fraction of sp³-hybridized carbons (Fsp3) is 0.471. The Kier molecular flexibility index (Phi) is 7.13. The summed E-state index contributed by atoms with van der Waals surface area (Å²) in [5.74, 6) is 0.774. The lowest BCUT2D eigenvalue weighted by Gasteiger charge is -2.10. The number of carbonyl (C=O) groups is 1. The fourth-order valence-corrected chi connectivity index (χ4v) is 3.16. The molecular formula is C17H23ClN4O2S. The second kappa shape index (κ2) is 9.10. The maximum absolute atomic E-state index is 11.7. The minimum atomic E-state index is -0.250. The Morgan fingerprint density at radius 3 is 2.80 bits per heavy atom. The van der Waals surface area contributed by atoms with Gasteiger partial charge in [0.25, 0.3) is 0 Å². The number of ether oxygens (including phenoxy) is 1. The number of aromatic nitrogens is 3. The van der Waals surface area contributed by atoms with Gasteiger partial charge in [-0.3, -0.25) is 4.79 Å². The van der Waals surface area contributed by atoms with Crippen molar-refractivity contribution >= 4 is 35.0 Å². The van der Waals surface area contributed by atoms with Crippen molar-refractivity contribution in [2.75, 3.05) is 11.1 Å². The zero-order valence-corrected chi connectivity index (χ0v) is 16.4. The van der Waals surface area contributed by atoms with E-state index in [1.807, 2.05) is 50.5 Å². The number of aryl methyl sites for hydroxylation is 1. The lowest BCUT2D eigenvalue weighted by atomic mass is 10.2. The maximum atomic E-state index is 11.7. The highest BCUT2D eigenvalue weighted by Gasteiger charge is 2.14. The minimum absolute atomic E-state index is 0.113. The SMILES string of the molecule is CCn1c(CNc2ccc(C)c(Cl)c2)nnc1SCC(=O)OC(C)C. The van der Waals surface area contributed by atoms with Crippen molar-refractivity contribution in [1.82, 2.24) is 14.8 Å². The summed E-state index contributed by atoms with van der Waals surface area (Å²) in [5, 5.41) is 13.1. The van der Waals surface area contributed by atoms with Gasteiger partial charge in [-0.2, -0.15) is 0 Å². The molecule has 2 aromatic rings. The highest BCUT2D eigenvalue weighted by molar-refractivity contribution is 7.99. The number of benzene rings is 1. The third-order valence-corrected chi connectivity index (χ3v) is 4.77. The van der Waals surface area contributed by atoms with Gasteiger partial charge in [0.05, 0.1) is 18.4 Å². The zero-order valence-electron chi connectivity index (χ0n) is 14.9. The molecule has 0 saturated heterocycles. The van der Waals surface area contributed by atoms with Crippen LogP contribution in [0.3, 0.4) is 0 Å². The van der Waals surface area contributed by atoms with E-state index in [4.69, 9.17) is 16.3 Å². The van der Waals surface area contributed by atoms with Crippen LogP contribution in [-0.2, 0) is 22.6 Å². The monoisotopic (exact) mass is 382 g/mol. The molecule has 0 aliphatic rings. The number of esters is 1. The first-order valence-corrected chi connectivity index (χ1v) is 9.51. The van der Waals surface area contributed by atoms with Crippen LogP contribution in [0.4, 0.5) is 5.69 Å². The van der Waals surface area contributed by atoms with E-state index >= 15 is 0 Å². The van der Waals surface area contributed by atoms with Gasteiger partial charge in [0.15, 0.2) is 11.0 Å². The number of hydrogen-bond donors (Lipinski definition) is 1. The van der Waals surface area contributed by atoms with Crippen molar-refractivity contribution in [3.63, 3.8) is 0 Å². The van der Waals surface area contributed by atoms with E-state index in [-0.39, 0.29) is 17.8 Å². The number of nitrogens with one attached hydrogen (secondary N) is 1. The van der Waals surface area contributed by atoms with Gasteiger partial charge in [-0.15, -0.1) is 10.2 Å². The van der Waals surface area contributed by atoms with Crippen molar-refractivity contribution in [2.24, 2.45) is 0 Å². The molecule has 0 aliphatic heterocycles. The van der Waals surface area contributed by atoms with Gasteiger partial charge in [-0.1, -0.05) is 29.4 Å². The molecular weight excluding hydrogens is 360 g/mol. The number of thioether (sulfide) groups is 1. The van der Waals surface area contributed by atoms with E-state index < -0.39 is 0 Å². The number of carbonyl (C=O) groups excluding carboxylic acids is 1. The van der Waals surface area contributed by atoms with Crippen molar-refractivity contribution in [2.45, 2.75) is 52.0 Å². The highest BCUT2D eigenvalue weighted by Crippen LogP contribution is 2.21. The van der Waals surface area contributed by atoms with Crippen LogP contribution in [0.1, 0.15) is 32.2 Å². The molecule has 1 heterocycles. The number of anilines is 1. The minimum Gasteiger partial charge on any atom is -0.462 e. The largest absolute Gasteiger partial charge is 0.462 e. The Hall–Kier alpha value is -1.73. The lowest BCUT2D eigenvalue weighted by Crippen LogP contribution is -2.14. The number of halogens is 1. The molecule has 136 valence electrons. The molecule has 0 aliphatic carbocycles. The number of hydrogen-bond acceptors (Lipinski definition) is 6. The number of nitrogens with zero attached hydrogens (tertiary/aromatic N) is 3. The smallest absolute Gasteiger partial charge is 0.316 e. The summed E-state index contributed by atoms with van der Waals surface area (Å²) in [5.41, 5.74) is 1.96. The van der Waals surface area contributed by atoms with Gasteiger partial charge in [-0.05, 0) is 45.4 Å². The predicted octanol–water partition coefficient (Wildman–Crippen LogP) is 3.92. The lowest BCUT2D eigenvalue weighted by molar-refractivity contribution is -0.144. The normalized spacial score (nSPS) is 11.0. The molecule has 0 spiro atoms. The van der Waals surface area contributed by atoms with E-state index in [1.54, 1.807) is 0 Å². The van der Waals surface area contributed by atoms with E-state index in [0.29, 0.717) is 11.7 Å². The van der Waals surface area contributed by atoms with Gasteiger partial charge in [-0.25, -0.2) is 0 Å². The van der Waals surface area contributed by atoms with Crippen LogP contribution in [0.5, 0.6) is 0 Å². The van der Waals surface area contributed by atoms with Gasteiger partial charge >= 0.3 is 5.97 Å². The summed E-state index contributed by atoms with van der Waals surface area (Å²) in [6, 6.07) is 5.84. The molecule has 0 saturated carbocycles. The maximum Gasteiger partial charge on any atom is 0.316 e. The molecule has 2 rings (SSSR count). The second-order valence-electron chi connectivity index (χ2n) is 5.79. The van der Waals surface area contributed by atoms with E-state index in [0.717, 1.165) is 28.6 Å². The average molecular weight is 383 g/mol. The quantitative estimate of drug-likeness (QED) is 0.551. The van der Waals surface area contributed by atoms with Gasteiger partial charge in [0.1, 0.15) is 0 Å². The summed E-state index contributed by atoms with van der Waals surface area (Å²) in [6.45, 7) is 8.90. The molecule has 0 bridgehead atoms. The van der Waals surface area contributed by atoms with E-state index in [1.165, 1.54) is 11.8 Å². The molecule has 25 heavy (non-hydrogen) atoms. The van der Waals surface area contributed by atoms with Crippen molar-refractivity contribution in [3.05, 3.63) is 34.6 Å². The summed E-state index contributed by atoms with van der Waals surface area (Å²) in [7, 11) is 0. The molecule has 8 heteroatoms. The Bertz CT molecular complexity index is 733. The first kappa shape index (κ1) is 19.6. The van der Waals surface area contributed by atoms with Crippen LogP contribution in [0.25, 0.3) is 0 Å².